The number of ether oxygens (including phenoxy) is 1. The zero-order valence-electron chi connectivity index (χ0n) is 12.6. The predicted molar refractivity (Wildman–Crippen MR) is 88.4 cm³/mol. The van der Waals surface area contributed by atoms with E-state index in [0.29, 0.717) is 24.3 Å². The van der Waals surface area contributed by atoms with Gasteiger partial charge in [0.15, 0.2) is 5.82 Å². The van der Waals surface area contributed by atoms with Gasteiger partial charge in [0.25, 0.3) is 0 Å². The van der Waals surface area contributed by atoms with E-state index in [4.69, 9.17) is 10.5 Å². The van der Waals surface area contributed by atoms with E-state index in [2.05, 4.69) is 25.3 Å². The van der Waals surface area contributed by atoms with E-state index < -0.39 is 0 Å². The number of nitrogens with zero attached hydrogens (tertiary/aromatic N) is 4. The van der Waals surface area contributed by atoms with Gasteiger partial charge in [-0.3, -0.25) is 0 Å². The molecule has 2 aromatic heterocycles. The van der Waals surface area contributed by atoms with E-state index in [-0.39, 0.29) is 5.95 Å². The van der Waals surface area contributed by atoms with Crippen LogP contribution in [0.5, 0.6) is 5.88 Å². The molecule has 0 radical (unpaired) electrons. The van der Waals surface area contributed by atoms with Crippen LogP contribution >= 0.6 is 0 Å². The molecule has 0 saturated carbocycles. The lowest BCUT2D eigenvalue weighted by molar-refractivity contribution is 0.327. The van der Waals surface area contributed by atoms with E-state index in [1.54, 1.807) is 18.3 Å². The van der Waals surface area contributed by atoms with E-state index in [0.717, 1.165) is 11.3 Å². The number of nitrogens with one attached hydrogen (secondary N) is 1. The molecule has 116 valence electrons. The Balaban J connectivity index is 1.89. The fourth-order valence-electron chi connectivity index (χ4n) is 2.01. The largest absolute Gasteiger partial charge is 0.478 e. The molecule has 0 aliphatic rings. The SMILES string of the molecule is CCOc1cc(Nc2nc(N)nc(-c3ccccc3)n2)ccn1. The molecule has 0 bridgehead atoms. The molecule has 3 N–H and O–H groups in total. The minimum atomic E-state index is 0.153. The number of rotatable bonds is 5. The Hall–Kier alpha value is -3.22. The smallest absolute Gasteiger partial charge is 0.232 e. The van der Waals surface area contributed by atoms with Gasteiger partial charge in [-0.25, -0.2) is 4.98 Å². The second kappa shape index (κ2) is 6.69. The summed E-state index contributed by atoms with van der Waals surface area (Å²) < 4.78 is 5.37. The van der Waals surface area contributed by atoms with E-state index in [1.807, 2.05) is 37.3 Å². The molecular weight excluding hydrogens is 292 g/mol. The van der Waals surface area contributed by atoms with Crippen LogP contribution in [-0.4, -0.2) is 26.5 Å². The third-order valence-corrected chi connectivity index (χ3v) is 2.97. The normalized spacial score (nSPS) is 10.3. The number of nitrogens with two attached hydrogens (primary N) is 1. The quantitative estimate of drug-likeness (QED) is 0.747. The molecule has 0 amide bonds. The summed E-state index contributed by atoms with van der Waals surface area (Å²) in [5, 5.41) is 3.09. The first-order valence-electron chi connectivity index (χ1n) is 7.17. The molecule has 3 aromatic rings. The first kappa shape index (κ1) is 14.7. The topological polar surface area (TPSA) is 98.8 Å². The molecule has 1 aromatic carbocycles. The summed E-state index contributed by atoms with van der Waals surface area (Å²) in [4.78, 5) is 16.8. The summed E-state index contributed by atoms with van der Waals surface area (Å²) in [6, 6.07) is 13.2. The number of aromatic nitrogens is 4. The molecule has 0 unspecified atom stereocenters. The van der Waals surface area contributed by atoms with Gasteiger partial charge in [-0.05, 0) is 13.0 Å². The standard InChI is InChI=1S/C16H16N6O/c1-2-23-13-10-12(8-9-18-13)19-16-21-14(20-15(17)22-16)11-6-4-3-5-7-11/h3-10H,2H2,1H3,(H3,17,18,19,20,21,22). The second-order valence-corrected chi connectivity index (χ2v) is 4.65. The fourth-order valence-corrected chi connectivity index (χ4v) is 2.01. The number of pyridine rings is 1. The van der Waals surface area contributed by atoms with Crippen LogP contribution in [0.25, 0.3) is 11.4 Å². The van der Waals surface area contributed by atoms with Crippen LogP contribution in [0.15, 0.2) is 48.7 Å². The zero-order valence-corrected chi connectivity index (χ0v) is 12.6. The van der Waals surface area contributed by atoms with Gasteiger partial charge in [0.05, 0.1) is 6.61 Å². The highest BCUT2D eigenvalue weighted by Crippen LogP contribution is 2.20. The highest BCUT2D eigenvalue weighted by molar-refractivity contribution is 5.60. The molecule has 0 spiro atoms. The Morgan fingerprint density at radius 3 is 2.70 bits per heavy atom. The number of nitrogen functional groups attached to an aromatic ring is 1. The van der Waals surface area contributed by atoms with E-state index >= 15 is 0 Å². The number of benzene rings is 1. The second-order valence-electron chi connectivity index (χ2n) is 4.65. The average molecular weight is 308 g/mol. The van der Waals surface area contributed by atoms with Crippen LogP contribution in [-0.2, 0) is 0 Å². The molecule has 2 heterocycles. The minimum absolute atomic E-state index is 0.153. The molecule has 0 saturated heterocycles. The first-order valence-corrected chi connectivity index (χ1v) is 7.17. The zero-order chi connectivity index (χ0) is 16.1. The number of hydrogen-bond donors (Lipinski definition) is 2. The highest BCUT2D eigenvalue weighted by atomic mass is 16.5. The van der Waals surface area contributed by atoms with Crippen molar-refractivity contribution in [2.45, 2.75) is 6.92 Å². The molecule has 0 fully saturated rings. The van der Waals surface area contributed by atoms with Gasteiger partial charge in [0, 0.05) is 23.5 Å². The van der Waals surface area contributed by atoms with Crippen molar-refractivity contribution < 1.29 is 4.74 Å². The average Bonchev–Trinajstić information content (AvgIpc) is 2.56. The predicted octanol–water partition coefficient (Wildman–Crippen LogP) is 2.66. The summed E-state index contributed by atoms with van der Waals surface area (Å²) in [7, 11) is 0. The lowest BCUT2D eigenvalue weighted by atomic mass is 10.2. The minimum Gasteiger partial charge on any atom is -0.478 e. The highest BCUT2D eigenvalue weighted by Gasteiger charge is 2.07. The van der Waals surface area contributed by atoms with Crippen molar-refractivity contribution in [3.8, 4) is 17.3 Å². The van der Waals surface area contributed by atoms with E-state index in [9.17, 15) is 0 Å². The maximum Gasteiger partial charge on any atom is 0.232 e. The maximum absolute atomic E-state index is 5.79. The maximum atomic E-state index is 5.79. The Kier molecular flexibility index (Phi) is 4.28. The van der Waals surface area contributed by atoms with Crippen molar-refractivity contribution in [1.29, 1.82) is 0 Å². The van der Waals surface area contributed by atoms with Gasteiger partial charge >= 0.3 is 0 Å². The van der Waals surface area contributed by atoms with Crippen molar-refractivity contribution >= 4 is 17.6 Å². The number of hydrogen-bond acceptors (Lipinski definition) is 7. The van der Waals surface area contributed by atoms with Gasteiger partial charge in [-0.1, -0.05) is 30.3 Å². The van der Waals surface area contributed by atoms with Crippen molar-refractivity contribution in [3.63, 3.8) is 0 Å². The summed E-state index contributed by atoms with van der Waals surface area (Å²) >= 11 is 0. The van der Waals surface area contributed by atoms with Crippen LogP contribution in [0.1, 0.15) is 6.92 Å². The first-order chi connectivity index (χ1) is 11.2. The summed E-state index contributed by atoms with van der Waals surface area (Å²) in [6.07, 6.45) is 1.65. The lowest BCUT2D eigenvalue weighted by Crippen LogP contribution is -2.05. The van der Waals surface area contributed by atoms with Crippen molar-refractivity contribution in [2.24, 2.45) is 0 Å². The Labute approximate surface area is 133 Å². The Morgan fingerprint density at radius 2 is 1.91 bits per heavy atom. The monoisotopic (exact) mass is 308 g/mol. The van der Waals surface area contributed by atoms with Crippen molar-refractivity contribution in [2.75, 3.05) is 17.7 Å². The number of anilines is 3. The summed E-state index contributed by atoms with van der Waals surface area (Å²) in [5.74, 6) is 1.56. The van der Waals surface area contributed by atoms with Crippen LogP contribution in [0.4, 0.5) is 17.6 Å². The Morgan fingerprint density at radius 1 is 1.09 bits per heavy atom. The lowest BCUT2D eigenvalue weighted by Gasteiger charge is -2.08. The van der Waals surface area contributed by atoms with Crippen LogP contribution in [0.3, 0.4) is 0 Å². The molecule has 7 heteroatoms. The van der Waals surface area contributed by atoms with Crippen LogP contribution < -0.4 is 15.8 Å². The molecule has 3 rings (SSSR count). The van der Waals surface area contributed by atoms with Gasteiger partial charge in [0.2, 0.25) is 17.8 Å². The summed E-state index contributed by atoms with van der Waals surface area (Å²) in [5.41, 5.74) is 7.42. The molecule has 7 nitrogen and oxygen atoms in total. The van der Waals surface area contributed by atoms with Crippen molar-refractivity contribution in [1.82, 2.24) is 19.9 Å². The molecule has 0 atom stereocenters. The molecule has 0 aliphatic carbocycles. The van der Waals surface area contributed by atoms with E-state index in [1.165, 1.54) is 0 Å². The van der Waals surface area contributed by atoms with Gasteiger partial charge < -0.3 is 15.8 Å². The molecule has 0 aliphatic heterocycles. The fraction of sp³-hybridized carbons (Fsp3) is 0.125. The molecule has 23 heavy (non-hydrogen) atoms. The Bertz CT molecular complexity index is 794. The van der Waals surface area contributed by atoms with Crippen LogP contribution in [0, 0.1) is 0 Å². The van der Waals surface area contributed by atoms with Gasteiger partial charge in [-0.2, -0.15) is 15.0 Å². The summed E-state index contributed by atoms with van der Waals surface area (Å²) in [6.45, 7) is 2.45. The third kappa shape index (κ3) is 3.70. The van der Waals surface area contributed by atoms with Gasteiger partial charge in [-0.15, -0.1) is 0 Å². The molecular formula is C16H16N6O. The third-order valence-electron chi connectivity index (χ3n) is 2.97. The van der Waals surface area contributed by atoms with Gasteiger partial charge in [0.1, 0.15) is 0 Å². The van der Waals surface area contributed by atoms with Crippen LogP contribution in [0.2, 0.25) is 0 Å². The van der Waals surface area contributed by atoms with Crippen molar-refractivity contribution in [3.05, 3.63) is 48.7 Å².